The van der Waals surface area contributed by atoms with Crippen LogP contribution >= 0.6 is 0 Å². The summed E-state index contributed by atoms with van der Waals surface area (Å²) in [5, 5.41) is 0. The molecule has 0 unspecified atom stereocenters. The molecule has 2 aliphatic rings. The Balaban J connectivity index is -0.000000233. The second-order valence-corrected chi connectivity index (χ2v) is 4.77. The van der Waals surface area contributed by atoms with Crippen molar-refractivity contribution in [1.29, 1.82) is 0 Å². The summed E-state index contributed by atoms with van der Waals surface area (Å²) in [6.45, 7) is 12.9. The summed E-state index contributed by atoms with van der Waals surface area (Å²) in [7, 11) is 0. The van der Waals surface area contributed by atoms with Crippen molar-refractivity contribution in [2.75, 3.05) is 0 Å². The molecule has 0 saturated carbocycles. The SMILES string of the molecule is CC1=[C-]CC(C)=C1C.CC1=[C-]CC(C)=C1C.[F-].[F-].[Zr+4]. The maximum absolute atomic E-state index is 3.26. The first-order valence-electron chi connectivity index (χ1n) is 5.91. The van der Waals surface area contributed by atoms with Crippen LogP contribution in [0.1, 0.15) is 54.4 Å². The molecule has 3 heteroatoms. The Morgan fingerprint density at radius 3 is 0.947 bits per heavy atom. The third kappa shape index (κ3) is 6.61. The predicted octanol–water partition coefficient (Wildman–Crippen LogP) is -1.04. The van der Waals surface area contributed by atoms with Crippen LogP contribution in [0.25, 0.3) is 0 Å². The Labute approximate surface area is 135 Å². The number of halogens is 2. The Bertz CT molecular complexity index is 361. The predicted molar refractivity (Wildman–Crippen MR) is 70.8 cm³/mol. The van der Waals surface area contributed by atoms with Gasteiger partial charge in [0.25, 0.3) is 0 Å². The second kappa shape index (κ2) is 10.5. The molecule has 2 rings (SSSR count). The van der Waals surface area contributed by atoms with E-state index < -0.39 is 0 Å². The number of hydrogen-bond acceptors (Lipinski definition) is 0. The number of allylic oxidation sites excluding steroid dienone is 8. The van der Waals surface area contributed by atoms with Gasteiger partial charge >= 0.3 is 26.2 Å². The molecule has 0 aliphatic heterocycles. The Kier molecular flexibility index (Phi) is 13.1. The van der Waals surface area contributed by atoms with Crippen molar-refractivity contribution in [3.63, 3.8) is 0 Å². The van der Waals surface area contributed by atoms with Crippen LogP contribution in [0.5, 0.6) is 0 Å². The fraction of sp³-hybridized carbons (Fsp3) is 0.500. The molecule has 0 N–H and O–H groups in total. The third-order valence-corrected chi connectivity index (χ3v) is 3.64. The van der Waals surface area contributed by atoms with Crippen molar-refractivity contribution < 1.29 is 35.6 Å². The Morgan fingerprint density at radius 2 is 0.895 bits per heavy atom. The average Bonchev–Trinajstić information content (AvgIpc) is 2.70. The zero-order valence-electron chi connectivity index (χ0n) is 12.7. The molecule has 0 spiro atoms. The van der Waals surface area contributed by atoms with Crippen LogP contribution in [0.15, 0.2) is 33.4 Å². The largest absolute Gasteiger partial charge is 4.00 e. The van der Waals surface area contributed by atoms with Gasteiger partial charge in [0.15, 0.2) is 0 Å². The minimum atomic E-state index is 0. The van der Waals surface area contributed by atoms with Crippen LogP contribution in [-0.4, -0.2) is 0 Å². The van der Waals surface area contributed by atoms with E-state index in [1.807, 2.05) is 0 Å². The van der Waals surface area contributed by atoms with Gasteiger partial charge < -0.3 is 9.41 Å². The Morgan fingerprint density at radius 1 is 0.632 bits per heavy atom. The first-order valence-corrected chi connectivity index (χ1v) is 5.91. The van der Waals surface area contributed by atoms with Crippen LogP contribution in [0.3, 0.4) is 0 Å². The van der Waals surface area contributed by atoms with E-state index >= 15 is 0 Å². The van der Waals surface area contributed by atoms with Gasteiger partial charge in [-0.15, -0.1) is 26.7 Å². The minimum absolute atomic E-state index is 0. The van der Waals surface area contributed by atoms with Crippen LogP contribution in [0.4, 0.5) is 0 Å². The monoisotopic (exact) mass is 342 g/mol. The van der Waals surface area contributed by atoms with Crippen LogP contribution in [0.2, 0.25) is 0 Å². The van der Waals surface area contributed by atoms with E-state index in [1.54, 1.807) is 0 Å². The van der Waals surface area contributed by atoms with Gasteiger partial charge in [0, 0.05) is 0 Å². The van der Waals surface area contributed by atoms with Gasteiger partial charge in [-0.25, -0.2) is 11.1 Å². The molecule has 0 nitrogen and oxygen atoms in total. The van der Waals surface area contributed by atoms with E-state index in [-0.39, 0.29) is 35.6 Å². The van der Waals surface area contributed by atoms with Crippen molar-refractivity contribution in [2.24, 2.45) is 0 Å². The van der Waals surface area contributed by atoms with Crippen molar-refractivity contribution in [3.05, 3.63) is 45.6 Å². The van der Waals surface area contributed by atoms with E-state index in [0.29, 0.717) is 0 Å². The van der Waals surface area contributed by atoms with Gasteiger partial charge in [-0.3, -0.25) is 12.2 Å². The standard InChI is InChI=1S/2C8H11.2FH.Zr/c2*1-6-4-5-7(2)8(6)3;;;/h2*4H2,1-3H3;2*1H;/q2*-1;;;+4/p-2. The molecule has 104 valence electrons. The average molecular weight is 344 g/mol. The van der Waals surface area contributed by atoms with Gasteiger partial charge in [-0.2, -0.15) is 22.3 Å². The fourth-order valence-electron chi connectivity index (χ4n) is 1.70. The maximum atomic E-state index is 3.26. The van der Waals surface area contributed by atoms with Gasteiger partial charge in [0.2, 0.25) is 0 Å². The van der Waals surface area contributed by atoms with E-state index in [9.17, 15) is 0 Å². The minimum Gasteiger partial charge on any atom is -1.00 e. The molecule has 0 aromatic rings. The molecular weight excluding hydrogens is 321 g/mol. The maximum Gasteiger partial charge on any atom is 4.00 e. The van der Waals surface area contributed by atoms with E-state index in [2.05, 4.69) is 53.7 Å². The van der Waals surface area contributed by atoms with Gasteiger partial charge in [0.1, 0.15) is 0 Å². The molecule has 0 bridgehead atoms. The molecule has 0 aromatic heterocycles. The summed E-state index contributed by atoms with van der Waals surface area (Å²) >= 11 is 0. The third-order valence-electron chi connectivity index (χ3n) is 3.64. The molecule has 0 radical (unpaired) electrons. The normalized spacial score (nSPS) is 16.5. The molecule has 0 fully saturated rings. The number of rotatable bonds is 0. The summed E-state index contributed by atoms with van der Waals surface area (Å²) < 4.78 is 0. The number of hydrogen-bond donors (Lipinski definition) is 0. The molecule has 0 aromatic carbocycles. The fourth-order valence-corrected chi connectivity index (χ4v) is 1.70. The first kappa shape index (κ1) is 23.8. The van der Waals surface area contributed by atoms with Gasteiger partial charge in [-0.05, 0) is 0 Å². The van der Waals surface area contributed by atoms with Crippen molar-refractivity contribution in [2.45, 2.75) is 54.4 Å². The van der Waals surface area contributed by atoms with Crippen molar-refractivity contribution >= 4 is 0 Å². The van der Waals surface area contributed by atoms with Crippen molar-refractivity contribution in [1.82, 2.24) is 0 Å². The molecule has 2 aliphatic carbocycles. The van der Waals surface area contributed by atoms with Crippen molar-refractivity contribution in [3.8, 4) is 0 Å². The van der Waals surface area contributed by atoms with Crippen LogP contribution in [0, 0.1) is 12.2 Å². The van der Waals surface area contributed by atoms with E-state index in [1.165, 1.54) is 33.4 Å². The van der Waals surface area contributed by atoms with Crippen LogP contribution < -0.4 is 9.41 Å². The summed E-state index contributed by atoms with van der Waals surface area (Å²) in [6, 6.07) is 0. The quantitative estimate of drug-likeness (QED) is 0.493. The molecular formula is C16H22F2Zr. The topological polar surface area (TPSA) is 0 Å². The first-order chi connectivity index (χ1) is 7.43. The Hall–Kier alpha value is -0.297. The molecule has 0 amide bonds. The summed E-state index contributed by atoms with van der Waals surface area (Å²) in [5.74, 6) is 0. The second-order valence-electron chi connectivity index (χ2n) is 4.77. The van der Waals surface area contributed by atoms with Gasteiger partial charge in [0.05, 0.1) is 0 Å². The van der Waals surface area contributed by atoms with Crippen LogP contribution in [-0.2, 0) is 26.2 Å². The summed E-state index contributed by atoms with van der Waals surface area (Å²) in [5.41, 5.74) is 8.49. The zero-order chi connectivity index (χ0) is 12.3. The summed E-state index contributed by atoms with van der Waals surface area (Å²) in [4.78, 5) is 0. The molecule has 0 saturated heterocycles. The van der Waals surface area contributed by atoms with Gasteiger partial charge in [-0.1, -0.05) is 27.7 Å². The summed E-state index contributed by atoms with van der Waals surface area (Å²) in [6.07, 6.45) is 8.63. The zero-order valence-corrected chi connectivity index (χ0v) is 15.1. The molecule has 0 heterocycles. The van der Waals surface area contributed by atoms with E-state index in [0.717, 1.165) is 12.8 Å². The van der Waals surface area contributed by atoms with E-state index in [4.69, 9.17) is 0 Å². The molecule has 19 heavy (non-hydrogen) atoms. The smallest absolute Gasteiger partial charge is 1.00 e. The molecule has 0 atom stereocenters.